The normalized spacial score (nSPS) is 15.8. The molecular weight excluding hydrogens is 380 g/mol. The molecule has 1 aromatic heterocycles. The van der Waals surface area contributed by atoms with Gasteiger partial charge >= 0.3 is 0 Å². The van der Waals surface area contributed by atoms with Crippen LogP contribution in [0, 0.1) is 5.92 Å². The first kappa shape index (κ1) is 20.0. The van der Waals surface area contributed by atoms with E-state index in [0.717, 1.165) is 0 Å². The summed E-state index contributed by atoms with van der Waals surface area (Å²) in [4.78, 5) is 27.6. The SMILES string of the molecule is CC(=O)Nc1ccc(NC(=O)C2CCN(S(=O)(=O)c3cccnc3)CC2)cc1. The number of benzene rings is 1. The first-order valence-corrected chi connectivity index (χ1v) is 10.4. The van der Waals surface area contributed by atoms with Gasteiger partial charge in [-0.2, -0.15) is 4.31 Å². The number of carbonyl (C=O) groups excluding carboxylic acids is 2. The second-order valence-corrected chi connectivity index (χ2v) is 8.55. The molecule has 0 aliphatic carbocycles. The number of amides is 2. The Labute approximate surface area is 164 Å². The van der Waals surface area contributed by atoms with E-state index < -0.39 is 10.0 Å². The van der Waals surface area contributed by atoms with Gasteiger partial charge in [-0.05, 0) is 49.2 Å². The van der Waals surface area contributed by atoms with Crippen LogP contribution in [0.15, 0.2) is 53.7 Å². The molecule has 0 bridgehead atoms. The third kappa shape index (κ3) is 4.73. The Morgan fingerprint density at radius 3 is 2.18 bits per heavy atom. The van der Waals surface area contributed by atoms with Crippen molar-refractivity contribution >= 4 is 33.2 Å². The van der Waals surface area contributed by atoms with Gasteiger partial charge in [0.15, 0.2) is 0 Å². The minimum Gasteiger partial charge on any atom is -0.326 e. The second kappa shape index (κ2) is 8.49. The smallest absolute Gasteiger partial charge is 0.244 e. The maximum absolute atomic E-state index is 12.6. The topological polar surface area (TPSA) is 108 Å². The zero-order valence-corrected chi connectivity index (χ0v) is 16.3. The Kier molecular flexibility index (Phi) is 6.05. The fourth-order valence-corrected chi connectivity index (χ4v) is 4.53. The van der Waals surface area contributed by atoms with Crippen molar-refractivity contribution in [3.05, 3.63) is 48.8 Å². The maximum atomic E-state index is 12.6. The van der Waals surface area contributed by atoms with Crippen LogP contribution >= 0.6 is 0 Å². The fraction of sp³-hybridized carbons (Fsp3) is 0.316. The summed E-state index contributed by atoms with van der Waals surface area (Å²) in [6.45, 7) is 2.00. The van der Waals surface area contributed by atoms with Gasteiger partial charge in [0.05, 0.1) is 0 Å². The van der Waals surface area contributed by atoms with E-state index in [2.05, 4.69) is 15.6 Å². The van der Waals surface area contributed by atoms with E-state index in [4.69, 9.17) is 0 Å². The lowest BCUT2D eigenvalue weighted by molar-refractivity contribution is -0.121. The summed E-state index contributed by atoms with van der Waals surface area (Å²) in [5.41, 5.74) is 1.28. The summed E-state index contributed by atoms with van der Waals surface area (Å²) in [6.07, 6.45) is 3.77. The summed E-state index contributed by atoms with van der Waals surface area (Å²) >= 11 is 0. The molecule has 1 aromatic carbocycles. The van der Waals surface area contributed by atoms with Crippen LogP contribution in [-0.4, -0.2) is 42.6 Å². The molecule has 8 nitrogen and oxygen atoms in total. The van der Waals surface area contributed by atoms with Crippen molar-refractivity contribution in [3.63, 3.8) is 0 Å². The van der Waals surface area contributed by atoms with Gasteiger partial charge in [-0.25, -0.2) is 8.42 Å². The van der Waals surface area contributed by atoms with Crippen LogP contribution in [0.5, 0.6) is 0 Å². The second-order valence-electron chi connectivity index (χ2n) is 6.61. The predicted molar refractivity (Wildman–Crippen MR) is 105 cm³/mol. The van der Waals surface area contributed by atoms with Crippen molar-refractivity contribution in [2.75, 3.05) is 23.7 Å². The zero-order valence-electron chi connectivity index (χ0n) is 15.5. The molecule has 3 rings (SSSR count). The Morgan fingerprint density at radius 1 is 1.04 bits per heavy atom. The molecule has 1 saturated heterocycles. The van der Waals surface area contributed by atoms with Gasteiger partial charge in [0.25, 0.3) is 0 Å². The molecule has 148 valence electrons. The molecule has 1 fully saturated rings. The highest BCUT2D eigenvalue weighted by Crippen LogP contribution is 2.24. The van der Waals surface area contributed by atoms with Crippen molar-refractivity contribution in [1.29, 1.82) is 0 Å². The van der Waals surface area contributed by atoms with Gasteiger partial charge < -0.3 is 10.6 Å². The molecule has 0 radical (unpaired) electrons. The van der Waals surface area contributed by atoms with Crippen LogP contribution in [0.2, 0.25) is 0 Å². The van der Waals surface area contributed by atoms with Gasteiger partial charge in [-0.1, -0.05) is 0 Å². The summed E-state index contributed by atoms with van der Waals surface area (Å²) in [7, 11) is -3.58. The van der Waals surface area contributed by atoms with Crippen LogP contribution in [-0.2, 0) is 19.6 Å². The molecule has 1 aliphatic heterocycles. The van der Waals surface area contributed by atoms with Crippen LogP contribution in [0.4, 0.5) is 11.4 Å². The summed E-state index contributed by atoms with van der Waals surface area (Å²) < 4.78 is 26.6. The van der Waals surface area contributed by atoms with E-state index in [-0.39, 0.29) is 35.7 Å². The molecule has 2 amide bonds. The number of hydrogen-bond donors (Lipinski definition) is 2. The van der Waals surface area contributed by atoms with Gasteiger partial charge in [0.2, 0.25) is 21.8 Å². The summed E-state index contributed by atoms with van der Waals surface area (Å²) in [5.74, 6) is -0.550. The number of nitrogens with zero attached hydrogens (tertiary/aromatic N) is 2. The van der Waals surface area contributed by atoms with Crippen LogP contribution < -0.4 is 10.6 Å². The van der Waals surface area contributed by atoms with Crippen molar-refractivity contribution in [3.8, 4) is 0 Å². The highest BCUT2D eigenvalue weighted by Gasteiger charge is 2.32. The average Bonchev–Trinajstić information content (AvgIpc) is 2.70. The zero-order chi connectivity index (χ0) is 20.1. The van der Waals surface area contributed by atoms with Crippen LogP contribution in [0.1, 0.15) is 19.8 Å². The predicted octanol–water partition coefficient (Wildman–Crippen LogP) is 2.08. The van der Waals surface area contributed by atoms with E-state index in [1.807, 2.05) is 0 Å². The fourth-order valence-electron chi connectivity index (χ4n) is 3.09. The van der Waals surface area contributed by atoms with E-state index in [1.165, 1.54) is 29.7 Å². The molecule has 0 saturated carbocycles. The highest BCUT2D eigenvalue weighted by molar-refractivity contribution is 7.89. The standard InChI is InChI=1S/C19H22N4O4S/c1-14(24)21-16-4-6-17(7-5-16)22-19(25)15-8-11-23(12-9-15)28(26,27)18-3-2-10-20-13-18/h2-7,10,13,15H,8-9,11-12H2,1H3,(H,21,24)(H,22,25). The van der Waals surface area contributed by atoms with Crippen molar-refractivity contribution in [2.45, 2.75) is 24.7 Å². The largest absolute Gasteiger partial charge is 0.326 e. The molecule has 28 heavy (non-hydrogen) atoms. The Bertz CT molecular complexity index is 938. The molecular formula is C19H22N4O4S. The van der Waals surface area contributed by atoms with E-state index in [0.29, 0.717) is 24.2 Å². The molecule has 0 spiro atoms. The van der Waals surface area contributed by atoms with E-state index in [9.17, 15) is 18.0 Å². The number of anilines is 2. The first-order valence-electron chi connectivity index (χ1n) is 8.95. The van der Waals surface area contributed by atoms with Gasteiger partial charge in [0, 0.05) is 49.7 Å². The number of pyridine rings is 1. The number of hydrogen-bond acceptors (Lipinski definition) is 5. The number of nitrogens with one attached hydrogen (secondary N) is 2. The molecule has 0 atom stereocenters. The molecule has 2 N–H and O–H groups in total. The molecule has 9 heteroatoms. The Hall–Kier alpha value is -2.78. The molecule has 0 unspecified atom stereocenters. The summed E-state index contributed by atoms with van der Waals surface area (Å²) in [6, 6.07) is 9.95. The van der Waals surface area contributed by atoms with Gasteiger partial charge in [-0.3, -0.25) is 14.6 Å². The third-order valence-electron chi connectivity index (χ3n) is 4.57. The van der Waals surface area contributed by atoms with E-state index >= 15 is 0 Å². The van der Waals surface area contributed by atoms with E-state index in [1.54, 1.807) is 30.3 Å². The molecule has 1 aliphatic rings. The number of rotatable bonds is 5. The lowest BCUT2D eigenvalue weighted by Crippen LogP contribution is -2.41. The molecule has 2 aromatic rings. The quantitative estimate of drug-likeness (QED) is 0.796. The average molecular weight is 402 g/mol. The number of aromatic nitrogens is 1. The Morgan fingerprint density at radius 2 is 1.64 bits per heavy atom. The van der Waals surface area contributed by atoms with Crippen molar-refractivity contribution in [2.24, 2.45) is 5.92 Å². The van der Waals surface area contributed by atoms with Crippen molar-refractivity contribution in [1.82, 2.24) is 9.29 Å². The van der Waals surface area contributed by atoms with Crippen LogP contribution in [0.25, 0.3) is 0 Å². The minimum absolute atomic E-state index is 0.134. The van der Waals surface area contributed by atoms with Crippen LogP contribution in [0.3, 0.4) is 0 Å². The summed E-state index contributed by atoms with van der Waals surface area (Å²) in [5, 5.41) is 5.51. The minimum atomic E-state index is -3.58. The number of carbonyl (C=O) groups is 2. The third-order valence-corrected chi connectivity index (χ3v) is 6.45. The van der Waals surface area contributed by atoms with Crippen molar-refractivity contribution < 1.29 is 18.0 Å². The molecule has 2 heterocycles. The number of sulfonamides is 1. The first-order chi connectivity index (χ1) is 13.4. The Balaban J connectivity index is 1.56. The van der Waals surface area contributed by atoms with Gasteiger partial charge in [0.1, 0.15) is 4.90 Å². The monoisotopic (exact) mass is 402 g/mol. The van der Waals surface area contributed by atoms with Gasteiger partial charge in [-0.15, -0.1) is 0 Å². The lowest BCUT2D eigenvalue weighted by atomic mass is 9.97. The number of piperidine rings is 1. The highest BCUT2D eigenvalue weighted by atomic mass is 32.2. The lowest BCUT2D eigenvalue weighted by Gasteiger charge is -2.30. The maximum Gasteiger partial charge on any atom is 0.244 e.